The van der Waals surface area contributed by atoms with Crippen LogP contribution >= 0.6 is 23.4 Å². The second-order valence-corrected chi connectivity index (χ2v) is 7.33. The highest BCUT2D eigenvalue weighted by Gasteiger charge is 2.22. The normalized spacial score (nSPS) is 12.1. The van der Waals surface area contributed by atoms with Crippen LogP contribution in [0, 0.1) is 11.7 Å². The lowest BCUT2D eigenvalue weighted by molar-refractivity contribution is -0.142. The first-order valence-electron chi connectivity index (χ1n) is 7.90. The van der Waals surface area contributed by atoms with Crippen molar-refractivity contribution < 1.29 is 18.7 Å². The molecule has 0 aliphatic heterocycles. The molecule has 0 heterocycles. The summed E-state index contributed by atoms with van der Waals surface area (Å²) in [5.74, 6) is -1.04. The molecule has 1 amide bonds. The van der Waals surface area contributed by atoms with Gasteiger partial charge in [0.25, 0.3) is 0 Å². The Hall–Kier alpha value is -1.27. The first-order chi connectivity index (χ1) is 11.3. The topological polar surface area (TPSA) is 55.4 Å². The Morgan fingerprint density at radius 2 is 2.00 bits per heavy atom. The summed E-state index contributed by atoms with van der Waals surface area (Å²) in [5, 5.41) is 2.31. The van der Waals surface area contributed by atoms with E-state index >= 15 is 0 Å². The molecular formula is C17H23ClFNO3S. The fourth-order valence-corrected chi connectivity index (χ4v) is 3.25. The van der Waals surface area contributed by atoms with Crippen LogP contribution in [-0.4, -0.2) is 23.7 Å². The third-order valence-electron chi connectivity index (χ3n) is 3.08. The summed E-state index contributed by atoms with van der Waals surface area (Å²) in [6.07, 6.45) is 0.844. The van der Waals surface area contributed by atoms with Crippen LogP contribution in [0.25, 0.3) is 0 Å². The molecule has 134 valence electrons. The number of esters is 1. The predicted octanol–water partition coefficient (Wildman–Crippen LogP) is 4.90. The molecule has 0 fully saturated rings. The number of nitrogens with one attached hydrogen (secondary N) is 1. The van der Waals surface area contributed by atoms with Crippen LogP contribution in [0.15, 0.2) is 17.0 Å². The summed E-state index contributed by atoms with van der Waals surface area (Å²) in [4.78, 5) is 24.3. The highest BCUT2D eigenvalue weighted by Crippen LogP contribution is 2.35. The van der Waals surface area contributed by atoms with E-state index < -0.39 is 11.1 Å². The van der Waals surface area contributed by atoms with Gasteiger partial charge in [0, 0.05) is 11.3 Å². The molecule has 24 heavy (non-hydrogen) atoms. The van der Waals surface area contributed by atoms with Crippen molar-refractivity contribution in [2.24, 2.45) is 5.92 Å². The van der Waals surface area contributed by atoms with Crippen molar-refractivity contribution in [1.82, 2.24) is 0 Å². The zero-order valence-electron chi connectivity index (χ0n) is 14.3. The average Bonchev–Trinajstić information content (AvgIpc) is 2.48. The maximum absolute atomic E-state index is 14.0. The van der Waals surface area contributed by atoms with E-state index in [4.69, 9.17) is 16.3 Å². The van der Waals surface area contributed by atoms with Crippen molar-refractivity contribution in [3.63, 3.8) is 0 Å². The van der Waals surface area contributed by atoms with Gasteiger partial charge in [0.1, 0.15) is 11.1 Å². The Morgan fingerprint density at radius 1 is 1.33 bits per heavy atom. The molecule has 0 saturated heterocycles. The number of carbonyl (C=O) groups excluding carboxylic acids is 2. The van der Waals surface area contributed by atoms with Crippen molar-refractivity contribution in [1.29, 1.82) is 0 Å². The lowest BCUT2D eigenvalue weighted by atomic mass is 10.1. The molecule has 1 aromatic rings. The van der Waals surface area contributed by atoms with Crippen molar-refractivity contribution in [2.75, 3.05) is 11.9 Å². The third-order valence-corrected chi connectivity index (χ3v) is 4.91. The van der Waals surface area contributed by atoms with Gasteiger partial charge < -0.3 is 10.1 Å². The van der Waals surface area contributed by atoms with Crippen LogP contribution in [0.5, 0.6) is 0 Å². The van der Waals surface area contributed by atoms with Gasteiger partial charge in [-0.2, -0.15) is 0 Å². The maximum Gasteiger partial charge on any atom is 0.319 e. The Kier molecular flexibility index (Phi) is 8.56. The number of hydrogen-bond acceptors (Lipinski definition) is 4. The summed E-state index contributed by atoms with van der Waals surface area (Å²) in [6, 6.07) is 2.61. The zero-order chi connectivity index (χ0) is 18.3. The molecule has 1 N–H and O–H groups in total. The fourth-order valence-electron chi connectivity index (χ4n) is 1.97. The van der Waals surface area contributed by atoms with Gasteiger partial charge in [0.15, 0.2) is 0 Å². The second kappa shape index (κ2) is 9.89. The van der Waals surface area contributed by atoms with Gasteiger partial charge in [-0.15, -0.1) is 11.8 Å². The third kappa shape index (κ3) is 6.32. The highest BCUT2D eigenvalue weighted by molar-refractivity contribution is 8.00. The van der Waals surface area contributed by atoms with Gasteiger partial charge in [-0.1, -0.05) is 32.4 Å². The molecule has 0 aliphatic rings. The van der Waals surface area contributed by atoms with E-state index in [1.165, 1.54) is 17.8 Å². The van der Waals surface area contributed by atoms with Gasteiger partial charge in [-0.3, -0.25) is 9.59 Å². The molecule has 1 rings (SSSR count). The Labute approximate surface area is 151 Å². The largest absolute Gasteiger partial charge is 0.465 e. The van der Waals surface area contributed by atoms with Gasteiger partial charge in [-0.05, 0) is 31.4 Å². The van der Waals surface area contributed by atoms with E-state index in [-0.39, 0.29) is 28.5 Å². The highest BCUT2D eigenvalue weighted by atomic mass is 35.5. The van der Waals surface area contributed by atoms with E-state index in [2.05, 4.69) is 5.32 Å². The standard InChI is InChI=1S/C17H23ClFNO3S/c1-5-14(17(22)23-6-2)24-15-9-13(12(19)8-11(15)18)20-16(21)7-10(3)4/h8-10,14H,5-7H2,1-4H3,(H,20,21). The van der Waals surface area contributed by atoms with Gasteiger partial charge in [-0.25, -0.2) is 4.39 Å². The molecule has 1 atom stereocenters. The van der Waals surface area contributed by atoms with Crippen molar-refractivity contribution in [3.8, 4) is 0 Å². The summed E-state index contributed by atoms with van der Waals surface area (Å²) < 4.78 is 19.0. The lowest BCUT2D eigenvalue weighted by Crippen LogP contribution is -2.19. The molecular weight excluding hydrogens is 353 g/mol. The minimum atomic E-state index is -0.606. The van der Waals surface area contributed by atoms with E-state index in [1.54, 1.807) is 6.92 Å². The predicted molar refractivity (Wildman–Crippen MR) is 96.1 cm³/mol. The first-order valence-corrected chi connectivity index (χ1v) is 9.16. The minimum absolute atomic E-state index is 0.0614. The van der Waals surface area contributed by atoms with Gasteiger partial charge >= 0.3 is 5.97 Å². The summed E-state index contributed by atoms with van der Waals surface area (Å²) in [7, 11) is 0. The molecule has 0 spiro atoms. The molecule has 0 aliphatic carbocycles. The molecule has 0 bridgehead atoms. The van der Waals surface area contributed by atoms with Gasteiger partial charge in [0.05, 0.1) is 17.3 Å². The quantitative estimate of drug-likeness (QED) is 0.518. The lowest BCUT2D eigenvalue weighted by Gasteiger charge is -2.16. The molecule has 7 heteroatoms. The van der Waals surface area contributed by atoms with Crippen LogP contribution in [0.3, 0.4) is 0 Å². The average molecular weight is 376 g/mol. The number of thioether (sulfide) groups is 1. The summed E-state index contributed by atoms with van der Waals surface area (Å²) in [6.45, 7) is 7.71. The monoisotopic (exact) mass is 375 g/mol. The van der Waals surface area contributed by atoms with Crippen molar-refractivity contribution in [3.05, 3.63) is 23.0 Å². The van der Waals surface area contributed by atoms with Crippen LogP contribution < -0.4 is 5.32 Å². The minimum Gasteiger partial charge on any atom is -0.465 e. The number of amides is 1. The molecule has 4 nitrogen and oxygen atoms in total. The van der Waals surface area contributed by atoms with E-state index in [0.29, 0.717) is 24.3 Å². The smallest absolute Gasteiger partial charge is 0.319 e. The zero-order valence-corrected chi connectivity index (χ0v) is 15.9. The van der Waals surface area contributed by atoms with Crippen molar-refractivity contribution >= 4 is 40.9 Å². The Balaban J connectivity index is 2.97. The molecule has 0 saturated carbocycles. The number of carbonyl (C=O) groups is 2. The van der Waals surface area contributed by atoms with Gasteiger partial charge in [0.2, 0.25) is 5.91 Å². The first kappa shape index (κ1) is 20.8. The number of ether oxygens (including phenoxy) is 1. The number of anilines is 1. The molecule has 1 unspecified atom stereocenters. The van der Waals surface area contributed by atoms with Crippen LogP contribution in [0.2, 0.25) is 5.02 Å². The van der Waals surface area contributed by atoms with E-state index in [0.717, 1.165) is 6.07 Å². The summed E-state index contributed by atoms with van der Waals surface area (Å²) >= 11 is 7.28. The summed E-state index contributed by atoms with van der Waals surface area (Å²) in [5.41, 5.74) is 0.0614. The number of rotatable bonds is 8. The SMILES string of the molecule is CCOC(=O)C(CC)Sc1cc(NC(=O)CC(C)C)c(F)cc1Cl. The maximum atomic E-state index is 14.0. The van der Waals surface area contributed by atoms with Crippen LogP contribution in [-0.2, 0) is 14.3 Å². The van der Waals surface area contributed by atoms with E-state index in [9.17, 15) is 14.0 Å². The van der Waals surface area contributed by atoms with Crippen molar-refractivity contribution in [2.45, 2.75) is 50.7 Å². The second-order valence-electron chi connectivity index (χ2n) is 5.68. The Bertz CT molecular complexity index is 595. The number of benzene rings is 1. The van der Waals surface area contributed by atoms with Crippen LogP contribution in [0.1, 0.15) is 40.5 Å². The Morgan fingerprint density at radius 3 is 2.54 bits per heavy atom. The van der Waals surface area contributed by atoms with Crippen LogP contribution in [0.4, 0.5) is 10.1 Å². The fraction of sp³-hybridized carbons (Fsp3) is 0.529. The molecule has 1 aromatic carbocycles. The number of halogens is 2. The molecule has 0 aromatic heterocycles. The molecule has 0 radical (unpaired) electrons. The van der Waals surface area contributed by atoms with E-state index in [1.807, 2.05) is 20.8 Å². The number of hydrogen-bond donors (Lipinski definition) is 1.